The molecule has 1 heterocycles. The first-order chi connectivity index (χ1) is 12.8. The SMILES string of the molecule is CC(C)(C)S(=O)(=O)N1C[C@H]2CC/C=C\C/C(c3ccccc3)=C\2[C@@H]1CCO. The zero-order valence-electron chi connectivity index (χ0n) is 16.6. The molecule has 1 aromatic carbocycles. The summed E-state index contributed by atoms with van der Waals surface area (Å²) in [5, 5.41) is 9.73. The standard InChI is InChI=1S/C22H31NO3S/c1-22(2,3)27(25,26)23-16-18-12-8-5-9-13-19(17-10-6-4-7-11-17)21(18)20(23)14-15-24/h4-7,9-11,18,20,24H,8,12-16H2,1-3H3/b9-5-,21-19-/t18-,20+/m1/s1. The van der Waals surface area contributed by atoms with Crippen LogP contribution in [0.3, 0.4) is 0 Å². The normalized spacial score (nSPS) is 28.4. The Morgan fingerprint density at radius 2 is 1.85 bits per heavy atom. The summed E-state index contributed by atoms with van der Waals surface area (Å²) >= 11 is 0. The van der Waals surface area contributed by atoms with Crippen LogP contribution in [0.4, 0.5) is 0 Å². The molecule has 1 aromatic rings. The largest absolute Gasteiger partial charge is 0.396 e. The van der Waals surface area contributed by atoms with Crippen molar-refractivity contribution < 1.29 is 13.5 Å². The lowest BCUT2D eigenvalue weighted by Gasteiger charge is -2.31. The molecule has 0 amide bonds. The maximum absolute atomic E-state index is 13.3. The summed E-state index contributed by atoms with van der Waals surface area (Å²) in [4.78, 5) is 0. The van der Waals surface area contributed by atoms with Crippen molar-refractivity contribution in [2.24, 2.45) is 5.92 Å². The van der Waals surface area contributed by atoms with Crippen molar-refractivity contribution in [2.75, 3.05) is 13.2 Å². The van der Waals surface area contributed by atoms with E-state index in [4.69, 9.17) is 0 Å². The Hall–Kier alpha value is -1.43. The van der Waals surface area contributed by atoms with Gasteiger partial charge in [0.1, 0.15) is 0 Å². The average Bonchev–Trinajstić information content (AvgIpc) is 2.93. The van der Waals surface area contributed by atoms with Crippen molar-refractivity contribution in [3.8, 4) is 0 Å². The number of hydrogen-bond acceptors (Lipinski definition) is 3. The van der Waals surface area contributed by atoms with Crippen LogP contribution in [0.1, 0.15) is 52.0 Å². The number of allylic oxidation sites excluding steroid dienone is 3. The molecule has 1 fully saturated rings. The van der Waals surface area contributed by atoms with Crippen molar-refractivity contribution in [3.05, 3.63) is 53.6 Å². The number of sulfonamides is 1. The number of rotatable bonds is 4. The van der Waals surface area contributed by atoms with Crippen LogP contribution in [0.15, 0.2) is 48.1 Å². The Morgan fingerprint density at radius 1 is 1.15 bits per heavy atom. The summed E-state index contributed by atoms with van der Waals surface area (Å²) in [5.41, 5.74) is 3.59. The Morgan fingerprint density at radius 3 is 2.48 bits per heavy atom. The third kappa shape index (κ3) is 3.91. The number of fused-ring (bicyclic) bond motifs is 1. The van der Waals surface area contributed by atoms with Gasteiger partial charge in [0.15, 0.2) is 0 Å². The molecule has 1 saturated heterocycles. The van der Waals surface area contributed by atoms with E-state index in [9.17, 15) is 13.5 Å². The van der Waals surface area contributed by atoms with Gasteiger partial charge in [-0.05, 0) is 69.1 Å². The summed E-state index contributed by atoms with van der Waals surface area (Å²) in [6.45, 7) is 5.77. The molecule has 1 aliphatic carbocycles. The molecule has 0 saturated carbocycles. The summed E-state index contributed by atoms with van der Waals surface area (Å²) in [7, 11) is -3.47. The van der Waals surface area contributed by atoms with Crippen LogP contribution in [0, 0.1) is 5.92 Å². The molecule has 1 N–H and O–H groups in total. The highest BCUT2D eigenvalue weighted by Crippen LogP contribution is 2.44. The predicted octanol–water partition coefficient (Wildman–Crippen LogP) is 3.99. The maximum atomic E-state index is 13.3. The van der Waals surface area contributed by atoms with Crippen LogP contribution < -0.4 is 0 Å². The Kier molecular flexibility index (Phi) is 5.94. The van der Waals surface area contributed by atoms with Crippen LogP contribution in [0.5, 0.6) is 0 Å². The third-order valence-electron chi connectivity index (χ3n) is 5.67. The lowest BCUT2D eigenvalue weighted by Crippen LogP contribution is -2.46. The fourth-order valence-corrected chi connectivity index (χ4v) is 5.90. The predicted molar refractivity (Wildman–Crippen MR) is 111 cm³/mol. The van der Waals surface area contributed by atoms with Gasteiger partial charge in [0.2, 0.25) is 10.0 Å². The van der Waals surface area contributed by atoms with Crippen LogP contribution >= 0.6 is 0 Å². The minimum atomic E-state index is -3.47. The summed E-state index contributed by atoms with van der Waals surface area (Å²) in [6.07, 6.45) is 7.57. The molecule has 2 aliphatic rings. The van der Waals surface area contributed by atoms with Crippen molar-refractivity contribution in [3.63, 3.8) is 0 Å². The fraction of sp³-hybridized carbons (Fsp3) is 0.545. The molecule has 3 rings (SSSR count). The molecule has 148 valence electrons. The van der Waals surface area contributed by atoms with E-state index >= 15 is 0 Å². The van der Waals surface area contributed by atoms with E-state index in [0.717, 1.165) is 24.8 Å². The quantitative estimate of drug-likeness (QED) is 0.792. The first-order valence-corrected chi connectivity index (χ1v) is 11.3. The Balaban J connectivity index is 2.16. The summed E-state index contributed by atoms with van der Waals surface area (Å²) < 4.78 is 27.4. The van der Waals surface area contributed by atoms with Crippen LogP contribution in [-0.2, 0) is 10.0 Å². The van der Waals surface area contributed by atoms with Crippen molar-refractivity contribution >= 4 is 15.6 Å². The van der Waals surface area contributed by atoms with Crippen molar-refractivity contribution in [1.29, 1.82) is 0 Å². The van der Waals surface area contributed by atoms with E-state index < -0.39 is 14.8 Å². The minimum Gasteiger partial charge on any atom is -0.396 e. The molecule has 0 bridgehead atoms. The smallest absolute Gasteiger partial charge is 0.219 e. The topological polar surface area (TPSA) is 57.6 Å². The maximum Gasteiger partial charge on any atom is 0.219 e. The van der Waals surface area contributed by atoms with Gasteiger partial charge < -0.3 is 5.11 Å². The van der Waals surface area contributed by atoms with Gasteiger partial charge in [0.05, 0.1) is 4.75 Å². The molecule has 4 nitrogen and oxygen atoms in total. The lowest BCUT2D eigenvalue weighted by atomic mass is 9.83. The van der Waals surface area contributed by atoms with E-state index in [1.807, 2.05) is 18.2 Å². The van der Waals surface area contributed by atoms with Crippen molar-refractivity contribution in [2.45, 2.75) is 57.2 Å². The molecule has 27 heavy (non-hydrogen) atoms. The second kappa shape index (κ2) is 7.90. The monoisotopic (exact) mass is 389 g/mol. The Bertz CT molecular complexity index is 819. The number of hydrogen-bond donors (Lipinski definition) is 1. The Labute approximate surface area is 163 Å². The lowest BCUT2D eigenvalue weighted by molar-refractivity contribution is 0.254. The van der Waals surface area contributed by atoms with E-state index in [2.05, 4.69) is 24.3 Å². The van der Waals surface area contributed by atoms with Gasteiger partial charge in [-0.1, -0.05) is 42.5 Å². The average molecular weight is 390 g/mol. The second-order valence-electron chi connectivity index (χ2n) is 8.46. The first kappa shape index (κ1) is 20.3. The van der Waals surface area contributed by atoms with E-state index in [-0.39, 0.29) is 18.6 Å². The number of benzene rings is 1. The highest BCUT2D eigenvalue weighted by molar-refractivity contribution is 7.90. The highest BCUT2D eigenvalue weighted by Gasteiger charge is 2.47. The van der Waals surface area contributed by atoms with Crippen molar-refractivity contribution in [1.82, 2.24) is 4.31 Å². The van der Waals surface area contributed by atoms with Gasteiger partial charge in [-0.3, -0.25) is 0 Å². The number of nitrogens with zero attached hydrogens (tertiary/aromatic N) is 1. The summed E-state index contributed by atoms with van der Waals surface area (Å²) in [6, 6.07) is 10.0. The van der Waals surface area contributed by atoms with E-state index in [0.29, 0.717) is 13.0 Å². The molecule has 0 unspecified atom stereocenters. The molecule has 0 radical (unpaired) electrons. The zero-order valence-corrected chi connectivity index (χ0v) is 17.4. The van der Waals surface area contributed by atoms with Gasteiger partial charge in [0, 0.05) is 19.2 Å². The molecular weight excluding hydrogens is 358 g/mol. The van der Waals surface area contributed by atoms with Gasteiger partial charge in [-0.25, -0.2) is 8.42 Å². The first-order valence-electron chi connectivity index (χ1n) is 9.83. The molecule has 0 spiro atoms. The van der Waals surface area contributed by atoms with E-state index in [1.165, 1.54) is 11.1 Å². The number of aliphatic hydroxyl groups is 1. The minimum absolute atomic E-state index is 0.0189. The molecular formula is C22H31NO3S. The highest BCUT2D eigenvalue weighted by atomic mass is 32.2. The third-order valence-corrected chi connectivity index (χ3v) is 8.24. The zero-order chi connectivity index (χ0) is 19.7. The van der Waals surface area contributed by atoms with Gasteiger partial charge in [-0.2, -0.15) is 4.31 Å². The molecule has 1 aliphatic heterocycles. The molecule has 0 aromatic heterocycles. The second-order valence-corrected chi connectivity index (χ2v) is 11.1. The fourth-order valence-electron chi connectivity index (χ4n) is 4.26. The van der Waals surface area contributed by atoms with Crippen LogP contribution in [-0.4, -0.2) is 41.8 Å². The molecule has 2 atom stereocenters. The van der Waals surface area contributed by atoms with Gasteiger partial charge in [-0.15, -0.1) is 0 Å². The van der Waals surface area contributed by atoms with Crippen LogP contribution in [0.2, 0.25) is 0 Å². The summed E-state index contributed by atoms with van der Waals surface area (Å²) in [5.74, 6) is 0.207. The van der Waals surface area contributed by atoms with Gasteiger partial charge >= 0.3 is 0 Å². The number of aliphatic hydroxyl groups excluding tert-OH is 1. The van der Waals surface area contributed by atoms with E-state index in [1.54, 1.807) is 25.1 Å². The van der Waals surface area contributed by atoms with Crippen LogP contribution in [0.25, 0.3) is 5.57 Å². The van der Waals surface area contributed by atoms with Gasteiger partial charge in [0.25, 0.3) is 0 Å². The molecule has 5 heteroatoms.